The van der Waals surface area contributed by atoms with Crippen molar-refractivity contribution in [2.24, 2.45) is 0 Å². The number of nitrogens with zero attached hydrogens (tertiary/aromatic N) is 1. The Morgan fingerprint density at radius 3 is 1.60 bits per heavy atom. The molecule has 0 aliphatic carbocycles. The molecule has 212 valence electrons. The van der Waals surface area contributed by atoms with Crippen LogP contribution in [0.4, 0.5) is 17.1 Å². The smallest absolute Gasteiger partial charge is 0.137 e. The molecule has 0 saturated carbocycles. The third kappa shape index (κ3) is 4.21. The van der Waals surface area contributed by atoms with Crippen LogP contribution in [0, 0.1) is 0 Å². The van der Waals surface area contributed by atoms with Gasteiger partial charge in [-0.05, 0) is 76.9 Å². The van der Waals surface area contributed by atoms with Crippen LogP contribution >= 0.6 is 0 Å². The molecule has 0 unspecified atom stereocenters. The van der Waals surface area contributed by atoms with Crippen molar-refractivity contribution >= 4 is 60.9 Å². The fraction of sp³-hybridized carbons (Fsp3) is 0. The van der Waals surface area contributed by atoms with Gasteiger partial charge in [-0.1, -0.05) is 109 Å². The van der Waals surface area contributed by atoms with E-state index in [0.29, 0.717) is 0 Å². The van der Waals surface area contributed by atoms with Gasteiger partial charge >= 0.3 is 0 Å². The Bertz CT molecular complexity index is 2500. The molecule has 9 aromatic rings. The highest BCUT2D eigenvalue weighted by atomic mass is 16.3. The number of benzene rings is 7. The topological polar surface area (TPSA) is 29.5 Å². The van der Waals surface area contributed by atoms with Gasteiger partial charge < -0.3 is 13.7 Å². The first-order chi connectivity index (χ1) is 22.3. The van der Waals surface area contributed by atoms with Gasteiger partial charge in [0, 0.05) is 27.5 Å². The minimum absolute atomic E-state index is 0.865. The summed E-state index contributed by atoms with van der Waals surface area (Å²) in [6.45, 7) is 0. The second-order valence-corrected chi connectivity index (χ2v) is 11.3. The summed E-state index contributed by atoms with van der Waals surface area (Å²) >= 11 is 0. The van der Waals surface area contributed by atoms with E-state index in [1.807, 2.05) is 24.3 Å². The largest absolute Gasteiger partial charge is 0.456 e. The lowest BCUT2D eigenvalue weighted by Crippen LogP contribution is -2.10. The molecule has 9 rings (SSSR count). The maximum absolute atomic E-state index is 6.34. The number of fused-ring (bicyclic) bond motifs is 6. The number of rotatable bonds is 5. The van der Waals surface area contributed by atoms with Crippen LogP contribution in [0.3, 0.4) is 0 Å². The Morgan fingerprint density at radius 2 is 0.867 bits per heavy atom. The van der Waals surface area contributed by atoms with Gasteiger partial charge in [-0.3, -0.25) is 0 Å². The number of anilines is 3. The van der Waals surface area contributed by atoms with Gasteiger partial charge in [0.15, 0.2) is 0 Å². The monoisotopic (exact) mass is 577 g/mol. The molecule has 0 fully saturated rings. The van der Waals surface area contributed by atoms with Gasteiger partial charge in [-0.15, -0.1) is 0 Å². The summed E-state index contributed by atoms with van der Waals surface area (Å²) < 4.78 is 12.6. The first-order valence-electron chi connectivity index (χ1n) is 15.2. The van der Waals surface area contributed by atoms with Crippen LogP contribution in [-0.4, -0.2) is 0 Å². The minimum atomic E-state index is 0.865. The first kappa shape index (κ1) is 25.4. The van der Waals surface area contributed by atoms with E-state index in [0.717, 1.165) is 77.6 Å². The molecule has 0 atom stereocenters. The van der Waals surface area contributed by atoms with Gasteiger partial charge in [0.1, 0.15) is 22.3 Å². The van der Waals surface area contributed by atoms with Gasteiger partial charge in [-0.25, -0.2) is 0 Å². The van der Waals surface area contributed by atoms with Gasteiger partial charge in [-0.2, -0.15) is 0 Å². The molecule has 0 radical (unpaired) electrons. The Hall–Kier alpha value is -6.06. The van der Waals surface area contributed by atoms with Crippen LogP contribution in [0.5, 0.6) is 0 Å². The maximum atomic E-state index is 6.34. The number of hydrogen-bond acceptors (Lipinski definition) is 3. The predicted molar refractivity (Wildman–Crippen MR) is 187 cm³/mol. The molecule has 0 saturated heterocycles. The fourth-order valence-corrected chi connectivity index (χ4v) is 6.65. The molecule has 2 heterocycles. The van der Waals surface area contributed by atoms with Crippen LogP contribution < -0.4 is 4.90 Å². The van der Waals surface area contributed by atoms with E-state index < -0.39 is 0 Å². The van der Waals surface area contributed by atoms with Crippen LogP contribution in [0.1, 0.15) is 0 Å². The first-order valence-corrected chi connectivity index (χ1v) is 15.2. The van der Waals surface area contributed by atoms with E-state index in [-0.39, 0.29) is 0 Å². The molecule has 45 heavy (non-hydrogen) atoms. The molecule has 0 N–H and O–H groups in total. The normalized spacial score (nSPS) is 11.6. The van der Waals surface area contributed by atoms with Gasteiger partial charge in [0.2, 0.25) is 0 Å². The second kappa shape index (κ2) is 10.3. The van der Waals surface area contributed by atoms with E-state index in [2.05, 4.69) is 144 Å². The van der Waals surface area contributed by atoms with Crippen molar-refractivity contribution in [3.63, 3.8) is 0 Å². The standard InChI is InChI=1S/C42H27NO2/c1-2-12-28(13-3-1)29-14-8-16-31(26-29)43(36-21-11-25-40-42(36)35-19-5-7-23-38(35)45-40)32-17-9-15-30(27-32)33-20-10-24-39-41(33)34-18-4-6-22-37(34)44-39/h1-27H. The number of hydrogen-bond donors (Lipinski definition) is 0. The Morgan fingerprint density at radius 1 is 0.356 bits per heavy atom. The molecule has 0 amide bonds. The molecule has 3 nitrogen and oxygen atoms in total. The lowest BCUT2D eigenvalue weighted by molar-refractivity contribution is 0.668. The van der Waals surface area contributed by atoms with Crippen molar-refractivity contribution in [1.82, 2.24) is 0 Å². The summed E-state index contributed by atoms with van der Waals surface area (Å²) in [5.74, 6) is 0. The summed E-state index contributed by atoms with van der Waals surface area (Å²) in [4.78, 5) is 2.36. The molecule has 0 spiro atoms. The van der Waals surface area contributed by atoms with Crippen LogP contribution in [0.15, 0.2) is 173 Å². The third-order valence-electron chi connectivity index (χ3n) is 8.65. The quantitative estimate of drug-likeness (QED) is 0.204. The Labute approximate surface area is 260 Å². The average Bonchev–Trinajstić information content (AvgIpc) is 3.68. The molecular weight excluding hydrogens is 550 g/mol. The number of furan rings is 2. The highest BCUT2D eigenvalue weighted by Gasteiger charge is 2.21. The van der Waals surface area contributed by atoms with Crippen molar-refractivity contribution in [2.45, 2.75) is 0 Å². The molecule has 3 heteroatoms. The van der Waals surface area contributed by atoms with Crippen molar-refractivity contribution in [2.75, 3.05) is 4.90 Å². The zero-order valence-corrected chi connectivity index (χ0v) is 24.4. The molecular formula is C42H27NO2. The van der Waals surface area contributed by atoms with E-state index in [1.165, 1.54) is 5.56 Å². The van der Waals surface area contributed by atoms with Crippen molar-refractivity contribution in [3.05, 3.63) is 164 Å². The molecule has 0 aliphatic rings. The summed E-state index contributed by atoms with van der Waals surface area (Å²) in [6.07, 6.45) is 0. The Kier molecular flexibility index (Phi) is 5.82. The summed E-state index contributed by atoms with van der Waals surface area (Å²) in [5, 5.41) is 4.44. The van der Waals surface area contributed by atoms with Crippen molar-refractivity contribution < 1.29 is 8.83 Å². The SMILES string of the molecule is c1ccc(-c2cccc(N(c3cccc(-c4cccc5oc6ccccc6c45)c3)c3cccc4oc5ccccc5c34)c2)cc1. The van der Waals surface area contributed by atoms with Gasteiger partial charge in [0.05, 0.1) is 11.1 Å². The van der Waals surface area contributed by atoms with E-state index in [4.69, 9.17) is 8.83 Å². The molecule has 0 bridgehead atoms. The summed E-state index contributed by atoms with van der Waals surface area (Å²) in [7, 11) is 0. The molecule has 0 aliphatic heterocycles. The predicted octanol–water partition coefficient (Wildman–Crippen LogP) is 12.3. The van der Waals surface area contributed by atoms with Gasteiger partial charge in [0.25, 0.3) is 0 Å². The maximum Gasteiger partial charge on any atom is 0.137 e. The number of para-hydroxylation sites is 2. The van der Waals surface area contributed by atoms with Crippen molar-refractivity contribution in [3.8, 4) is 22.3 Å². The third-order valence-corrected chi connectivity index (χ3v) is 8.65. The molecule has 7 aromatic carbocycles. The zero-order chi connectivity index (χ0) is 29.7. The summed E-state index contributed by atoms with van der Waals surface area (Å²) in [6, 6.07) is 57.3. The van der Waals surface area contributed by atoms with Crippen LogP contribution in [0.25, 0.3) is 66.1 Å². The highest BCUT2D eigenvalue weighted by Crippen LogP contribution is 2.45. The van der Waals surface area contributed by atoms with E-state index >= 15 is 0 Å². The minimum Gasteiger partial charge on any atom is -0.456 e. The highest BCUT2D eigenvalue weighted by molar-refractivity contribution is 6.14. The fourth-order valence-electron chi connectivity index (χ4n) is 6.65. The average molecular weight is 578 g/mol. The van der Waals surface area contributed by atoms with E-state index in [1.54, 1.807) is 0 Å². The van der Waals surface area contributed by atoms with E-state index in [9.17, 15) is 0 Å². The van der Waals surface area contributed by atoms with Crippen LogP contribution in [-0.2, 0) is 0 Å². The summed E-state index contributed by atoms with van der Waals surface area (Å²) in [5.41, 5.74) is 11.3. The lowest BCUT2D eigenvalue weighted by atomic mass is 9.98. The lowest BCUT2D eigenvalue weighted by Gasteiger charge is -2.27. The second-order valence-electron chi connectivity index (χ2n) is 11.3. The van der Waals surface area contributed by atoms with Crippen LogP contribution in [0.2, 0.25) is 0 Å². The zero-order valence-electron chi connectivity index (χ0n) is 24.4. The molecule has 2 aromatic heterocycles. The Balaban J connectivity index is 1.30. The van der Waals surface area contributed by atoms with Crippen molar-refractivity contribution in [1.29, 1.82) is 0 Å².